The van der Waals surface area contributed by atoms with Crippen LogP contribution in [0.1, 0.15) is 33.4 Å². The van der Waals surface area contributed by atoms with Crippen molar-refractivity contribution in [1.29, 1.82) is 0 Å². The summed E-state index contributed by atoms with van der Waals surface area (Å²) >= 11 is 0. The predicted octanol–water partition coefficient (Wildman–Crippen LogP) is 3.85. The monoisotopic (exact) mass is 428 g/mol. The van der Waals surface area contributed by atoms with Crippen LogP contribution in [0.2, 0.25) is 0 Å². The average Bonchev–Trinajstić information content (AvgIpc) is 3.53. The first-order chi connectivity index (χ1) is 15.7. The van der Waals surface area contributed by atoms with Crippen LogP contribution in [0, 0.1) is 0 Å². The minimum atomic E-state index is -0.321. The van der Waals surface area contributed by atoms with E-state index in [4.69, 9.17) is 9.52 Å². The van der Waals surface area contributed by atoms with E-state index in [1.165, 1.54) is 11.8 Å². The zero-order valence-corrected chi connectivity index (χ0v) is 17.7. The van der Waals surface area contributed by atoms with Crippen molar-refractivity contribution in [2.45, 2.75) is 13.3 Å². The predicted molar refractivity (Wildman–Crippen MR) is 122 cm³/mol. The van der Waals surface area contributed by atoms with E-state index in [9.17, 15) is 9.59 Å². The molecule has 0 fully saturated rings. The number of aryl methyl sites for hydroxylation is 1. The Kier molecular flexibility index (Phi) is 6.46. The van der Waals surface area contributed by atoms with E-state index in [0.29, 0.717) is 11.3 Å². The topological polar surface area (TPSA) is 89.2 Å². The maximum Gasteiger partial charge on any atom is 0.287 e. The molecule has 0 spiro atoms. The van der Waals surface area contributed by atoms with Crippen molar-refractivity contribution in [2.24, 2.45) is 0 Å². The van der Waals surface area contributed by atoms with Crippen LogP contribution in [0.3, 0.4) is 0 Å². The molecule has 0 bridgehead atoms. The number of benzene rings is 2. The largest absolute Gasteiger partial charge is 0.459 e. The Morgan fingerprint density at radius 2 is 1.62 bits per heavy atom. The molecule has 0 aliphatic heterocycles. The van der Waals surface area contributed by atoms with Crippen LogP contribution in [0.15, 0.2) is 83.6 Å². The van der Waals surface area contributed by atoms with Gasteiger partial charge in [-0.25, -0.2) is 4.68 Å². The van der Waals surface area contributed by atoms with Crippen molar-refractivity contribution in [3.63, 3.8) is 0 Å². The molecule has 2 amide bonds. The van der Waals surface area contributed by atoms with Gasteiger partial charge in [-0.05, 0) is 36.2 Å². The second-order valence-electron chi connectivity index (χ2n) is 7.21. The van der Waals surface area contributed by atoms with Crippen LogP contribution in [0.4, 0.5) is 0 Å². The molecule has 0 unspecified atom stereocenters. The van der Waals surface area contributed by atoms with E-state index < -0.39 is 0 Å². The standard InChI is InChI=1S/C25H24N4O3/c1-2-18-10-12-19(13-11-18)23-21(17-29(28-23)20-7-4-3-5-8-20)24(30)26-14-15-27-25(31)22-9-6-16-32-22/h3-13,16-17H,2,14-15H2,1H3,(H,26,30)(H,27,31). The van der Waals surface area contributed by atoms with Crippen molar-refractivity contribution >= 4 is 11.8 Å². The molecule has 2 N–H and O–H groups in total. The van der Waals surface area contributed by atoms with Crippen LogP contribution >= 0.6 is 0 Å². The van der Waals surface area contributed by atoms with Gasteiger partial charge >= 0.3 is 0 Å². The number of carbonyl (C=O) groups excluding carboxylic acids is 2. The number of para-hydroxylation sites is 1. The number of rotatable bonds is 8. The van der Waals surface area contributed by atoms with Gasteiger partial charge in [0.1, 0.15) is 5.69 Å². The maximum atomic E-state index is 13.0. The van der Waals surface area contributed by atoms with Gasteiger partial charge in [-0.1, -0.05) is 49.4 Å². The minimum Gasteiger partial charge on any atom is -0.459 e. The molecule has 4 rings (SSSR count). The van der Waals surface area contributed by atoms with E-state index in [2.05, 4.69) is 17.6 Å². The van der Waals surface area contributed by atoms with Gasteiger partial charge in [-0.3, -0.25) is 9.59 Å². The lowest BCUT2D eigenvalue weighted by Crippen LogP contribution is -2.34. The first-order valence-corrected chi connectivity index (χ1v) is 10.5. The molecule has 2 heterocycles. The molecule has 7 nitrogen and oxygen atoms in total. The summed E-state index contributed by atoms with van der Waals surface area (Å²) in [7, 11) is 0. The molecule has 4 aromatic rings. The molecule has 0 aliphatic carbocycles. The molecular weight excluding hydrogens is 404 g/mol. The quantitative estimate of drug-likeness (QED) is 0.417. The van der Waals surface area contributed by atoms with Crippen LogP contribution in [0.25, 0.3) is 16.9 Å². The smallest absolute Gasteiger partial charge is 0.287 e. The minimum absolute atomic E-state index is 0.235. The van der Waals surface area contributed by atoms with Gasteiger partial charge in [0.2, 0.25) is 0 Å². The molecule has 32 heavy (non-hydrogen) atoms. The highest BCUT2D eigenvalue weighted by atomic mass is 16.3. The summed E-state index contributed by atoms with van der Waals surface area (Å²) in [6, 6.07) is 20.9. The molecule has 2 aromatic carbocycles. The Bertz CT molecular complexity index is 1180. The number of hydrogen-bond donors (Lipinski definition) is 2. The van der Waals surface area contributed by atoms with Gasteiger partial charge in [0.25, 0.3) is 11.8 Å². The van der Waals surface area contributed by atoms with Crippen molar-refractivity contribution in [1.82, 2.24) is 20.4 Å². The highest BCUT2D eigenvalue weighted by molar-refractivity contribution is 6.00. The Morgan fingerprint density at radius 1 is 0.906 bits per heavy atom. The van der Waals surface area contributed by atoms with Crippen molar-refractivity contribution in [3.05, 3.63) is 96.1 Å². The summed E-state index contributed by atoms with van der Waals surface area (Å²) in [6.07, 6.45) is 4.11. The van der Waals surface area contributed by atoms with Gasteiger partial charge < -0.3 is 15.1 Å². The third-order valence-electron chi connectivity index (χ3n) is 5.06. The van der Waals surface area contributed by atoms with Crippen molar-refractivity contribution in [2.75, 3.05) is 13.1 Å². The van der Waals surface area contributed by atoms with E-state index >= 15 is 0 Å². The van der Waals surface area contributed by atoms with E-state index in [1.807, 2.05) is 54.6 Å². The SMILES string of the molecule is CCc1ccc(-c2nn(-c3ccccc3)cc2C(=O)NCCNC(=O)c2ccco2)cc1. The third-order valence-corrected chi connectivity index (χ3v) is 5.06. The molecule has 0 saturated carbocycles. The van der Waals surface area contributed by atoms with Gasteiger partial charge in [-0.15, -0.1) is 0 Å². The fraction of sp³-hybridized carbons (Fsp3) is 0.160. The van der Waals surface area contributed by atoms with Crippen LogP contribution in [0.5, 0.6) is 0 Å². The van der Waals surface area contributed by atoms with Crippen LogP contribution < -0.4 is 10.6 Å². The number of furan rings is 1. The molecule has 0 atom stereocenters. The summed E-state index contributed by atoms with van der Waals surface area (Å²) < 4.78 is 6.76. The summed E-state index contributed by atoms with van der Waals surface area (Å²) in [5.74, 6) is -0.342. The second-order valence-corrected chi connectivity index (χ2v) is 7.21. The highest BCUT2D eigenvalue weighted by Gasteiger charge is 2.18. The number of nitrogens with one attached hydrogen (secondary N) is 2. The average molecular weight is 428 g/mol. The van der Waals surface area contributed by atoms with E-state index in [-0.39, 0.29) is 30.7 Å². The first-order valence-electron chi connectivity index (χ1n) is 10.5. The van der Waals surface area contributed by atoms with Crippen molar-refractivity contribution in [3.8, 4) is 16.9 Å². The van der Waals surface area contributed by atoms with Gasteiger partial charge in [0.05, 0.1) is 17.5 Å². The molecule has 0 aliphatic rings. The Balaban J connectivity index is 1.50. The lowest BCUT2D eigenvalue weighted by Gasteiger charge is -2.07. The van der Waals surface area contributed by atoms with Crippen LogP contribution in [-0.4, -0.2) is 34.7 Å². The molecular formula is C25H24N4O3. The third kappa shape index (κ3) is 4.78. The Labute approximate surface area is 186 Å². The number of amides is 2. The summed E-state index contributed by atoms with van der Waals surface area (Å²) in [6.45, 7) is 2.65. The normalized spacial score (nSPS) is 10.7. The number of aromatic nitrogens is 2. The maximum absolute atomic E-state index is 13.0. The highest BCUT2D eigenvalue weighted by Crippen LogP contribution is 2.24. The second kappa shape index (κ2) is 9.78. The Morgan fingerprint density at radius 3 is 2.28 bits per heavy atom. The first kappa shape index (κ1) is 21.1. The molecule has 162 valence electrons. The number of nitrogens with zero attached hydrogens (tertiary/aromatic N) is 2. The summed E-state index contributed by atoms with van der Waals surface area (Å²) in [5, 5.41) is 10.3. The fourth-order valence-corrected chi connectivity index (χ4v) is 3.31. The van der Waals surface area contributed by atoms with E-state index in [1.54, 1.807) is 23.0 Å². The van der Waals surface area contributed by atoms with Crippen LogP contribution in [-0.2, 0) is 6.42 Å². The zero-order chi connectivity index (χ0) is 22.3. The lowest BCUT2D eigenvalue weighted by atomic mass is 10.0. The molecule has 0 radical (unpaired) electrons. The van der Waals surface area contributed by atoms with E-state index in [0.717, 1.165) is 17.7 Å². The molecule has 2 aromatic heterocycles. The Hall–Kier alpha value is -4.13. The van der Waals surface area contributed by atoms with Gasteiger partial charge in [0, 0.05) is 24.8 Å². The number of carbonyl (C=O) groups is 2. The zero-order valence-electron chi connectivity index (χ0n) is 17.7. The van der Waals surface area contributed by atoms with Gasteiger partial charge in [-0.2, -0.15) is 5.10 Å². The molecule has 0 saturated heterocycles. The van der Waals surface area contributed by atoms with Gasteiger partial charge in [0.15, 0.2) is 5.76 Å². The fourth-order valence-electron chi connectivity index (χ4n) is 3.31. The lowest BCUT2D eigenvalue weighted by molar-refractivity contribution is 0.0911. The van der Waals surface area contributed by atoms with Crippen molar-refractivity contribution < 1.29 is 14.0 Å². The summed E-state index contributed by atoms with van der Waals surface area (Å²) in [4.78, 5) is 24.9. The summed E-state index contributed by atoms with van der Waals surface area (Å²) in [5.41, 5.74) is 4.02. The number of hydrogen-bond acceptors (Lipinski definition) is 4. The molecule has 7 heteroatoms.